The zero-order valence-corrected chi connectivity index (χ0v) is 20.7. The van der Waals surface area contributed by atoms with Gasteiger partial charge in [-0.3, -0.25) is 5.41 Å². The molecule has 0 spiro atoms. The molecule has 0 bridgehead atoms. The lowest BCUT2D eigenvalue weighted by Gasteiger charge is -2.22. The molecule has 12 nitrogen and oxygen atoms in total. The predicted molar refractivity (Wildman–Crippen MR) is 125 cm³/mol. The fraction of sp³-hybridized carbons (Fsp3) is 0.0870. The molecule has 0 atom stereocenters. The van der Waals surface area contributed by atoms with Crippen LogP contribution in [0, 0.1) is 5.41 Å². The van der Waals surface area contributed by atoms with Crippen molar-refractivity contribution < 1.29 is 45.1 Å². The van der Waals surface area contributed by atoms with Gasteiger partial charge >= 0.3 is 0 Å². The van der Waals surface area contributed by atoms with Gasteiger partial charge in [0.2, 0.25) is 0 Å². The molecule has 0 aromatic heterocycles. The Morgan fingerprint density at radius 1 is 0.865 bits per heavy atom. The maximum absolute atomic E-state index is 12.0. The first-order chi connectivity index (χ1) is 17.1. The third kappa shape index (κ3) is 5.36. The molecule has 0 saturated carbocycles. The number of anilines is 1. The first-order valence-electron chi connectivity index (χ1n) is 10.1. The molecule has 3 N–H and O–H groups in total. The van der Waals surface area contributed by atoms with Gasteiger partial charge in [0.25, 0.3) is 0 Å². The second-order valence-electron chi connectivity index (χ2n) is 7.81. The number of rotatable bonds is 4. The average molecular weight is 546 g/mol. The van der Waals surface area contributed by atoms with Crippen LogP contribution in [0.1, 0.15) is 24.2 Å². The van der Waals surface area contributed by atoms with Crippen molar-refractivity contribution in [2.75, 3.05) is 5.73 Å². The van der Waals surface area contributed by atoms with Gasteiger partial charge in [0.05, 0.1) is 17.0 Å². The van der Waals surface area contributed by atoms with E-state index in [-0.39, 0.29) is 33.4 Å². The van der Waals surface area contributed by atoms with E-state index in [9.17, 15) is 40.6 Å². The smallest absolute Gasteiger partial charge is 0.155 e. The number of nitrogen functional groups attached to an aromatic ring is 1. The average Bonchev–Trinajstić information content (AvgIpc) is 2.75. The number of benzene rings is 3. The van der Waals surface area contributed by atoms with Crippen LogP contribution >= 0.6 is 0 Å². The Kier molecular flexibility index (Phi) is 7.23. The largest absolute Gasteiger partial charge is 0.744 e. The number of carbonyl (C=O) groups excluding carboxylic acids is 2. The Bertz CT molecular complexity index is 1820. The third-order valence-electron chi connectivity index (χ3n) is 4.91. The van der Waals surface area contributed by atoms with Crippen LogP contribution in [-0.2, 0) is 25.0 Å². The molecule has 2 aromatic rings. The number of hydrogen-bond donors (Lipinski definition) is 2. The number of carboxylic acids is 1. The molecule has 0 radical (unpaired) electrons. The molecule has 1 aliphatic heterocycles. The topological polar surface area (TPSA) is 235 Å². The highest BCUT2D eigenvalue weighted by molar-refractivity contribution is 7.86. The van der Waals surface area contributed by atoms with Gasteiger partial charge in [0.15, 0.2) is 11.3 Å². The third-order valence-corrected chi connectivity index (χ3v) is 6.74. The Labute approximate surface area is 210 Å². The van der Waals surface area contributed by atoms with Gasteiger partial charge in [-0.1, -0.05) is 24.3 Å². The minimum Gasteiger partial charge on any atom is -0.744 e. The van der Waals surface area contributed by atoms with Gasteiger partial charge in [-0.15, -0.1) is 0 Å². The molecule has 14 heteroatoms. The van der Waals surface area contributed by atoms with Crippen LogP contribution in [0.3, 0.4) is 0 Å². The van der Waals surface area contributed by atoms with Crippen molar-refractivity contribution in [3.63, 3.8) is 0 Å². The number of fused-ring (bicyclic) bond motifs is 2. The van der Waals surface area contributed by atoms with Gasteiger partial charge in [-0.05, 0) is 43.7 Å². The molecular weight excluding hydrogens is 528 g/mol. The minimum absolute atomic E-state index is 0.0469. The van der Waals surface area contributed by atoms with Crippen LogP contribution in [0.5, 0.6) is 0 Å². The van der Waals surface area contributed by atoms with Crippen LogP contribution in [0.15, 0.2) is 62.7 Å². The highest BCUT2D eigenvalue weighted by atomic mass is 32.2. The predicted octanol–water partition coefficient (Wildman–Crippen LogP) is 1.03. The van der Waals surface area contributed by atoms with E-state index in [0.29, 0.717) is 0 Å². The zero-order chi connectivity index (χ0) is 27.9. The number of aromatic carboxylic acids is 1. The van der Waals surface area contributed by atoms with Crippen molar-refractivity contribution in [3.8, 4) is 22.5 Å². The molecule has 37 heavy (non-hydrogen) atoms. The van der Waals surface area contributed by atoms with Crippen LogP contribution in [0.2, 0.25) is 0 Å². The molecule has 4 rings (SSSR count). The van der Waals surface area contributed by atoms with Crippen molar-refractivity contribution in [3.05, 3.63) is 59.5 Å². The summed E-state index contributed by atoms with van der Waals surface area (Å²) in [5.41, 5.74) is 3.87. The normalized spacial score (nSPS) is 11.7. The molecule has 0 saturated heterocycles. The summed E-state index contributed by atoms with van der Waals surface area (Å²) < 4.78 is 77.1. The molecule has 0 unspecified atom stereocenters. The lowest BCUT2D eigenvalue weighted by Crippen LogP contribution is -2.23. The van der Waals surface area contributed by atoms with Gasteiger partial charge in [-0.2, -0.15) is 0 Å². The van der Waals surface area contributed by atoms with E-state index < -0.39 is 58.4 Å². The van der Waals surface area contributed by atoms with Gasteiger partial charge in [0.1, 0.15) is 35.8 Å². The van der Waals surface area contributed by atoms with Gasteiger partial charge in [-0.25, -0.2) is 16.8 Å². The number of ketones is 1. The zero-order valence-electron chi connectivity index (χ0n) is 19.1. The summed E-state index contributed by atoms with van der Waals surface area (Å²) in [6.07, 6.45) is 0. The van der Waals surface area contributed by atoms with E-state index in [1.165, 1.54) is 50.2 Å². The van der Waals surface area contributed by atoms with E-state index in [1.807, 2.05) is 0 Å². The summed E-state index contributed by atoms with van der Waals surface area (Å²) in [6, 6.07) is 9.91. The summed E-state index contributed by atoms with van der Waals surface area (Å²) in [4.78, 5) is 19.0. The van der Waals surface area contributed by atoms with E-state index >= 15 is 0 Å². The molecule has 194 valence electrons. The Balaban J connectivity index is 0.000000886. The molecule has 2 aromatic carbocycles. The molecular formula is C23H17N2O10S2-3. The summed E-state index contributed by atoms with van der Waals surface area (Å²) in [7, 11) is -10.6. The van der Waals surface area contributed by atoms with Gasteiger partial charge < -0.3 is 34.0 Å². The number of hydrogen-bond acceptors (Lipinski definition) is 12. The standard InChI is InChI=1S/C20H14N2O9S2.C3H6O/c21-13-7-5-11-15(9-3-1-2-4-10(9)20(23)24)12-6-8-14(22)19(33(28,29)30)17(12)31-16(11)18(13)32(25,26)27;1-3(2)4/h1-8,21H,22H2,(H,23,24)(H,25,26,27)(H,28,29,30);1-2H3/p-3. The van der Waals surface area contributed by atoms with Crippen molar-refractivity contribution in [1.82, 2.24) is 0 Å². The van der Waals surface area contributed by atoms with E-state index in [1.54, 1.807) is 0 Å². The quantitative estimate of drug-likeness (QED) is 0.209. The summed E-state index contributed by atoms with van der Waals surface area (Å²) in [5.74, 6) is -2.17. The van der Waals surface area contributed by atoms with Crippen molar-refractivity contribution in [1.29, 1.82) is 5.41 Å². The Morgan fingerprint density at radius 3 is 1.97 bits per heavy atom. The first-order valence-corrected chi connectivity index (χ1v) is 12.9. The minimum atomic E-state index is -5.33. The monoisotopic (exact) mass is 545 g/mol. The van der Waals surface area contributed by atoms with Gasteiger partial charge in [0, 0.05) is 22.1 Å². The lowest BCUT2D eigenvalue weighted by molar-refractivity contribution is -0.254. The molecule has 2 aliphatic rings. The number of carbonyl (C=O) groups is 2. The van der Waals surface area contributed by atoms with Crippen LogP contribution in [0.25, 0.3) is 33.4 Å². The maximum atomic E-state index is 12.0. The molecule has 1 heterocycles. The fourth-order valence-electron chi connectivity index (χ4n) is 3.66. The molecule has 1 aliphatic carbocycles. The van der Waals surface area contributed by atoms with Crippen molar-refractivity contribution in [2.24, 2.45) is 0 Å². The number of Topliss-reactive ketones (excluding diaryl/α,β-unsaturated/α-hetero) is 1. The van der Waals surface area contributed by atoms with Crippen molar-refractivity contribution in [2.45, 2.75) is 23.6 Å². The SMILES string of the molecule is CC(C)=O.N=c1ccc2c(-c3ccccc3C(=O)[O-])c3ccc(N)c(S(=O)(=O)[O-])c3oc-2c1S(=O)(=O)[O-]. The lowest BCUT2D eigenvalue weighted by atomic mass is 9.90. The molecule has 0 fully saturated rings. The van der Waals surface area contributed by atoms with Crippen LogP contribution in [-0.4, -0.2) is 37.7 Å². The maximum Gasteiger partial charge on any atom is 0.155 e. The van der Waals surface area contributed by atoms with E-state index in [0.717, 1.165) is 12.1 Å². The second kappa shape index (κ2) is 9.74. The fourth-order valence-corrected chi connectivity index (χ4v) is 5.11. The molecule has 0 amide bonds. The van der Waals surface area contributed by atoms with Crippen molar-refractivity contribution >= 4 is 48.6 Å². The van der Waals surface area contributed by atoms with E-state index in [2.05, 4.69) is 0 Å². The first kappa shape index (κ1) is 27.5. The second-order valence-corrected chi connectivity index (χ2v) is 10.4. The number of carboxylic acid groups (broad SMARTS) is 1. The highest BCUT2D eigenvalue weighted by Crippen LogP contribution is 2.45. The van der Waals surface area contributed by atoms with Crippen LogP contribution in [0.4, 0.5) is 5.69 Å². The van der Waals surface area contributed by atoms with E-state index in [4.69, 9.17) is 15.6 Å². The Hall–Kier alpha value is -4.11. The Morgan fingerprint density at radius 2 is 1.43 bits per heavy atom. The van der Waals surface area contributed by atoms with Crippen LogP contribution < -0.4 is 16.2 Å². The highest BCUT2D eigenvalue weighted by Gasteiger charge is 2.27. The number of nitrogens with two attached hydrogens (primary N) is 1. The number of nitrogens with one attached hydrogen (secondary N) is 1. The summed E-state index contributed by atoms with van der Waals surface area (Å²) >= 11 is 0. The summed E-state index contributed by atoms with van der Waals surface area (Å²) in [6.45, 7) is 3.06. The summed E-state index contributed by atoms with van der Waals surface area (Å²) in [5, 5.41) is 18.8.